The number of hydrogen-bond donors (Lipinski definition) is 0. The monoisotopic (exact) mass is 579 g/mol. The van der Waals surface area contributed by atoms with Crippen molar-refractivity contribution in [2.24, 2.45) is 0 Å². The number of phosphoric ester groups is 1. The van der Waals surface area contributed by atoms with E-state index in [0.717, 1.165) is 32.1 Å². The van der Waals surface area contributed by atoms with Crippen molar-refractivity contribution in [2.75, 3.05) is 54.1 Å². The lowest BCUT2D eigenvalue weighted by Crippen LogP contribution is -2.37. The van der Waals surface area contributed by atoms with Crippen molar-refractivity contribution in [3.63, 3.8) is 0 Å². The topological polar surface area (TPSA) is 94.1 Å². The third-order valence-corrected chi connectivity index (χ3v) is 7.66. The molecule has 2 unspecified atom stereocenters. The molecule has 0 saturated heterocycles. The molecule has 0 heterocycles. The summed E-state index contributed by atoms with van der Waals surface area (Å²) < 4.78 is 34.0. The van der Waals surface area contributed by atoms with Crippen LogP contribution in [0.5, 0.6) is 0 Å². The van der Waals surface area contributed by atoms with Gasteiger partial charge in [0.05, 0.1) is 27.7 Å². The average molecular weight is 580 g/mol. The summed E-state index contributed by atoms with van der Waals surface area (Å²) >= 11 is 0. The largest absolute Gasteiger partial charge is 0.756 e. The average Bonchev–Trinajstić information content (AvgIpc) is 2.86. The van der Waals surface area contributed by atoms with Crippen LogP contribution in [0.2, 0.25) is 0 Å². The fourth-order valence-corrected chi connectivity index (χ4v) is 4.84. The van der Waals surface area contributed by atoms with E-state index in [4.69, 9.17) is 18.5 Å². The number of phosphoric acid groups is 1. The zero-order chi connectivity index (χ0) is 29.2. The number of quaternary nitrogens is 1. The zero-order valence-corrected chi connectivity index (χ0v) is 27.0. The summed E-state index contributed by atoms with van der Waals surface area (Å²) in [7, 11) is 1.41. The predicted molar refractivity (Wildman–Crippen MR) is 158 cm³/mol. The standard InChI is InChI=1S/C30H62NO7P/c1-6-8-10-11-12-13-14-15-16-17-18-19-20-22-25-35-29(27-36-30(32)23-21-9-7-2)28-38-39(33,34)37-26-24-31(3,4)5/h29H,6-28H2,1-5H3. The zero-order valence-electron chi connectivity index (χ0n) is 26.1. The van der Waals surface area contributed by atoms with Crippen LogP contribution >= 0.6 is 7.82 Å². The number of carbonyl (C=O) groups excluding carboxylic acids is 1. The fourth-order valence-electron chi connectivity index (χ4n) is 4.11. The normalized spacial score (nSPS) is 14.3. The van der Waals surface area contributed by atoms with Crippen molar-refractivity contribution >= 4 is 13.8 Å². The molecule has 0 aliphatic rings. The number of carbonyl (C=O) groups is 1. The van der Waals surface area contributed by atoms with Crippen LogP contribution in [0.1, 0.15) is 129 Å². The molecule has 0 rings (SSSR count). The van der Waals surface area contributed by atoms with Gasteiger partial charge in [-0.2, -0.15) is 0 Å². The summed E-state index contributed by atoms with van der Waals surface area (Å²) in [5, 5.41) is 0. The number of ether oxygens (including phenoxy) is 2. The first-order valence-electron chi connectivity index (χ1n) is 15.8. The minimum atomic E-state index is -4.46. The van der Waals surface area contributed by atoms with Crippen molar-refractivity contribution in [3.8, 4) is 0 Å². The first kappa shape index (κ1) is 38.5. The van der Waals surface area contributed by atoms with Crippen LogP contribution in [0.4, 0.5) is 0 Å². The van der Waals surface area contributed by atoms with Gasteiger partial charge in [0, 0.05) is 13.0 Å². The van der Waals surface area contributed by atoms with Crippen LogP contribution in [0, 0.1) is 0 Å². The number of hydrogen-bond acceptors (Lipinski definition) is 7. The SMILES string of the molecule is CCCCCCCCCCCCCCCCOC(COC(=O)CCCCC)COP(=O)([O-])OCC[N+](C)(C)C. The van der Waals surface area contributed by atoms with Crippen molar-refractivity contribution in [1.82, 2.24) is 0 Å². The molecule has 9 heteroatoms. The van der Waals surface area contributed by atoms with Gasteiger partial charge >= 0.3 is 5.97 Å². The quantitative estimate of drug-likeness (QED) is 0.0401. The molecule has 0 bridgehead atoms. The van der Waals surface area contributed by atoms with Crippen LogP contribution in [0.25, 0.3) is 0 Å². The van der Waals surface area contributed by atoms with Crippen molar-refractivity contribution < 1.29 is 37.3 Å². The molecule has 0 aromatic heterocycles. The molecule has 0 aliphatic heterocycles. The predicted octanol–water partition coefficient (Wildman–Crippen LogP) is 7.18. The highest BCUT2D eigenvalue weighted by Crippen LogP contribution is 2.38. The second-order valence-corrected chi connectivity index (χ2v) is 13.2. The first-order valence-corrected chi connectivity index (χ1v) is 17.2. The second kappa shape index (κ2) is 25.2. The fraction of sp³-hybridized carbons (Fsp3) is 0.967. The first-order chi connectivity index (χ1) is 18.6. The molecule has 0 spiro atoms. The van der Waals surface area contributed by atoms with Crippen LogP contribution < -0.4 is 4.89 Å². The van der Waals surface area contributed by atoms with E-state index in [1.54, 1.807) is 0 Å². The molecule has 39 heavy (non-hydrogen) atoms. The van der Waals surface area contributed by atoms with Gasteiger partial charge in [0.25, 0.3) is 7.82 Å². The Labute approximate surface area is 240 Å². The summed E-state index contributed by atoms with van der Waals surface area (Å²) in [5.41, 5.74) is 0. The van der Waals surface area contributed by atoms with Gasteiger partial charge in [-0.05, 0) is 12.8 Å². The number of unbranched alkanes of at least 4 members (excludes halogenated alkanes) is 15. The van der Waals surface area contributed by atoms with E-state index in [1.807, 2.05) is 21.1 Å². The molecule has 8 nitrogen and oxygen atoms in total. The lowest BCUT2D eigenvalue weighted by atomic mass is 10.0. The van der Waals surface area contributed by atoms with Gasteiger partial charge in [-0.25, -0.2) is 0 Å². The summed E-state index contributed by atoms with van der Waals surface area (Å²) in [5.74, 6) is -0.293. The molecule has 0 radical (unpaired) electrons. The Morgan fingerprint density at radius 1 is 0.692 bits per heavy atom. The molecule has 0 saturated carbocycles. The van der Waals surface area contributed by atoms with E-state index in [0.29, 0.717) is 24.1 Å². The van der Waals surface area contributed by atoms with Gasteiger partial charge in [-0.3, -0.25) is 9.36 Å². The molecule has 0 amide bonds. The van der Waals surface area contributed by atoms with E-state index in [1.165, 1.54) is 77.0 Å². The Kier molecular flexibility index (Phi) is 24.9. The highest BCUT2D eigenvalue weighted by atomic mass is 31.2. The third kappa shape index (κ3) is 28.8. The van der Waals surface area contributed by atoms with Crippen LogP contribution in [0.3, 0.4) is 0 Å². The molecule has 0 aliphatic carbocycles. The Bertz CT molecular complexity index is 613. The molecular weight excluding hydrogens is 517 g/mol. The molecule has 0 aromatic rings. The maximum atomic E-state index is 12.2. The number of nitrogens with zero attached hydrogens (tertiary/aromatic N) is 1. The molecule has 234 valence electrons. The van der Waals surface area contributed by atoms with Crippen molar-refractivity contribution in [1.29, 1.82) is 0 Å². The lowest BCUT2D eigenvalue weighted by molar-refractivity contribution is -0.870. The Morgan fingerprint density at radius 2 is 1.18 bits per heavy atom. The maximum Gasteiger partial charge on any atom is 0.305 e. The Morgan fingerprint density at radius 3 is 1.69 bits per heavy atom. The summed E-state index contributed by atoms with van der Waals surface area (Å²) in [6.45, 7) is 5.13. The molecule has 0 fully saturated rings. The Hall–Kier alpha value is -0.500. The van der Waals surface area contributed by atoms with Gasteiger partial charge in [-0.1, -0.05) is 110 Å². The molecular formula is C30H62NO7P. The lowest BCUT2D eigenvalue weighted by Gasteiger charge is -2.28. The van der Waals surface area contributed by atoms with Gasteiger partial charge in [0.2, 0.25) is 0 Å². The smallest absolute Gasteiger partial charge is 0.305 e. The van der Waals surface area contributed by atoms with Crippen LogP contribution in [-0.4, -0.2) is 70.7 Å². The van der Waals surface area contributed by atoms with Gasteiger partial charge in [0.1, 0.15) is 25.9 Å². The van der Waals surface area contributed by atoms with Crippen molar-refractivity contribution in [3.05, 3.63) is 0 Å². The van der Waals surface area contributed by atoms with Crippen LogP contribution in [-0.2, 0) is 27.9 Å². The van der Waals surface area contributed by atoms with E-state index in [2.05, 4.69) is 13.8 Å². The Balaban J connectivity index is 4.16. The van der Waals surface area contributed by atoms with Crippen LogP contribution in [0.15, 0.2) is 0 Å². The number of esters is 1. The minimum Gasteiger partial charge on any atom is -0.756 e. The van der Waals surface area contributed by atoms with E-state index in [-0.39, 0.29) is 25.8 Å². The summed E-state index contributed by atoms with van der Waals surface area (Å²) in [4.78, 5) is 24.2. The maximum absolute atomic E-state index is 12.2. The van der Waals surface area contributed by atoms with Crippen molar-refractivity contribution in [2.45, 2.75) is 136 Å². The van der Waals surface area contributed by atoms with E-state index in [9.17, 15) is 14.3 Å². The number of likely N-dealkylation sites (N-methyl/N-ethyl adjacent to an activating group) is 1. The van der Waals surface area contributed by atoms with E-state index < -0.39 is 13.9 Å². The third-order valence-electron chi connectivity index (χ3n) is 6.70. The summed E-state index contributed by atoms with van der Waals surface area (Å²) in [6, 6.07) is 0. The molecule has 0 aromatic carbocycles. The minimum absolute atomic E-state index is 0.0254. The summed E-state index contributed by atoms with van der Waals surface area (Å²) in [6.07, 6.45) is 20.4. The molecule has 0 N–H and O–H groups in total. The van der Waals surface area contributed by atoms with E-state index >= 15 is 0 Å². The van der Waals surface area contributed by atoms with Gasteiger partial charge < -0.3 is 27.9 Å². The molecule has 2 atom stereocenters. The van der Waals surface area contributed by atoms with Gasteiger partial charge in [-0.15, -0.1) is 0 Å². The highest BCUT2D eigenvalue weighted by molar-refractivity contribution is 7.45. The number of rotatable bonds is 29. The van der Waals surface area contributed by atoms with Gasteiger partial charge in [0.15, 0.2) is 0 Å². The second-order valence-electron chi connectivity index (χ2n) is 11.8. The highest BCUT2D eigenvalue weighted by Gasteiger charge is 2.19.